The third-order valence-corrected chi connectivity index (χ3v) is 9.07. The zero-order valence-corrected chi connectivity index (χ0v) is 15.9. The maximum atomic E-state index is 6.66. The average Bonchev–Trinajstić information content (AvgIpc) is 2.52. The SMILES string of the molecule is CC(C)(C)[Si](C)(C)OC(C=Cc1ccccc1)c1ccccc1. The van der Waals surface area contributed by atoms with E-state index in [4.69, 9.17) is 4.43 Å². The van der Waals surface area contributed by atoms with Crippen LogP contribution in [0.1, 0.15) is 38.0 Å². The lowest BCUT2D eigenvalue weighted by Gasteiger charge is -2.38. The van der Waals surface area contributed by atoms with Gasteiger partial charge in [-0.05, 0) is 29.3 Å². The van der Waals surface area contributed by atoms with Crippen LogP contribution in [0.3, 0.4) is 0 Å². The summed E-state index contributed by atoms with van der Waals surface area (Å²) in [4.78, 5) is 0. The van der Waals surface area contributed by atoms with E-state index in [1.807, 2.05) is 12.1 Å². The van der Waals surface area contributed by atoms with Gasteiger partial charge in [0.05, 0.1) is 6.10 Å². The van der Waals surface area contributed by atoms with E-state index in [2.05, 4.69) is 94.5 Å². The fourth-order valence-electron chi connectivity index (χ4n) is 2.12. The van der Waals surface area contributed by atoms with E-state index < -0.39 is 8.32 Å². The van der Waals surface area contributed by atoms with Crippen LogP contribution < -0.4 is 0 Å². The molecule has 0 aromatic heterocycles. The zero-order chi connectivity index (χ0) is 16.9. The molecule has 0 saturated heterocycles. The molecule has 122 valence electrons. The normalized spacial score (nSPS) is 14.1. The molecule has 0 radical (unpaired) electrons. The lowest BCUT2D eigenvalue weighted by molar-refractivity contribution is 0.230. The summed E-state index contributed by atoms with van der Waals surface area (Å²) in [6.45, 7) is 11.4. The summed E-state index contributed by atoms with van der Waals surface area (Å²) < 4.78 is 6.66. The predicted molar refractivity (Wildman–Crippen MR) is 103 cm³/mol. The van der Waals surface area contributed by atoms with E-state index in [0.717, 1.165) is 0 Å². The second kappa shape index (κ2) is 7.29. The maximum absolute atomic E-state index is 6.66. The fraction of sp³-hybridized carbons (Fsp3) is 0.333. The predicted octanol–water partition coefficient (Wildman–Crippen LogP) is 6.46. The molecule has 2 heteroatoms. The number of benzene rings is 2. The third-order valence-electron chi connectivity index (χ3n) is 4.62. The molecule has 0 heterocycles. The first-order valence-electron chi connectivity index (χ1n) is 8.26. The Morgan fingerprint density at radius 2 is 1.39 bits per heavy atom. The number of hydrogen-bond donors (Lipinski definition) is 0. The van der Waals surface area contributed by atoms with Gasteiger partial charge in [0.25, 0.3) is 0 Å². The Morgan fingerprint density at radius 3 is 1.91 bits per heavy atom. The van der Waals surface area contributed by atoms with Crippen LogP contribution in [0.4, 0.5) is 0 Å². The minimum atomic E-state index is -1.84. The summed E-state index contributed by atoms with van der Waals surface area (Å²) in [5, 5.41) is 0.195. The number of rotatable bonds is 5. The smallest absolute Gasteiger partial charge is 0.193 e. The Labute approximate surface area is 142 Å². The quantitative estimate of drug-likeness (QED) is 0.573. The van der Waals surface area contributed by atoms with Crippen molar-refractivity contribution in [1.82, 2.24) is 0 Å². The van der Waals surface area contributed by atoms with Crippen molar-refractivity contribution in [2.45, 2.75) is 45.0 Å². The standard InChI is InChI=1S/C21H28OSi/c1-21(2,3)23(4,5)22-20(19-14-10-7-11-15-19)17-16-18-12-8-6-9-13-18/h6-17,20H,1-5H3. The molecule has 0 N–H and O–H groups in total. The maximum Gasteiger partial charge on any atom is 0.193 e. The van der Waals surface area contributed by atoms with Crippen molar-refractivity contribution in [1.29, 1.82) is 0 Å². The molecule has 0 amide bonds. The van der Waals surface area contributed by atoms with Crippen LogP contribution in [0, 0.1) is 0 Å². The van der Waals surface area contributed by atoms with E-state index in [9.17, 15) is 0 Å². The molecule has 23 heavy (non-hydrogen) atoms. The molecule has 0 spiro atoms. The molecule has 0 bridgehead atoms. The van der Waals surface area contributed by atoms with Crippen molar-refractivity contribution in [2.24, 2.45) is 0 Å². The molecule has 0 aliphatic rings. The molecule has 0 fully saturated rings. The van der Waals surface area contributed by atoms with Gasteiger partial charge >= 0.3 is 0 Å². The highest BCUT2D eigenvalue weighted by Crippen LogP contribution is 2.40. The molecule has 0 aliphatic heterocycles. The van der Waals surface area contributed by atoms with Crippen molar-refractivity contribution in [2.75, 3.05) is 0 Å². The van der Waals surface area contributed by atoms with Gasteiger partial charge in [-0.3, -0.25) is 0 Å². The second-order valence-corrected chi connectivity index (χ2v) is 12.2. The molecule has 1 unspecified atom stereocenters. The number of hydrogen-bond acceptors (Lipinski definition) is 1. The molecular weight excluding hydrogens is 296 g/mol. The summed E-state index contributed by atoms with van der Waals surface area (Å²) in [7, 11) is -1.84. The zero-order valence-electron chi connectivity index (χ0n) is 14.9. The van der Waals surface area contributed by atoms with E-state index in [-0.39, 0.29) is 11.1 Å². The van der Waals surface area contributed by atoms with E-state index in [1.54, 1.807) is 0 Å². The van der Waals surface area contributed by atoms with E-state index in [1.165, 1.54) is 11.1 Å². The molecule has 2 aromatic rings. The van der Waals surface area contributed by atoms with Crippen LogP contribution in [-0.2, 0) is 4.43 Å². The van der Waals surface area contributed by atoms with Crippen LogP contribution in [0.15, 0.2) is 66.7 Å². The minimum Gasteiger partial charge on any atom is -0.407 e. The Balaban J connectivity index is 2.28. The Bertz CT molecular complexity index is 624. The molecule has 0 saturated carbocycles. The molecule has 1 nitrogen and oxygen atoms in total. The Hall–Kier alpha value is -1.64. The highest BCUT2D eigenvalue weighted by Gasteiger charge is 2.38. The highest BCUT2D eigenvalue weighted by molar-refractivity contribution is 6.74. The van der Waals surface area contributed by atoms with Crippen LogP contribution in [0.2, 0.25) is 18.1 Å². The monoisotopic (exact) mass is 324 g/mol. The highest BCUT2D eigenvalue weighted by atomic mass is 28.4. The molecule has 2 aromatic carbocycles. The van der Waals surface area contributed by atoms with Crippen molar-refractivity contribution in [3.05, 3.63) is 77.9 Å². The lowest BCUT2D eigenvalue weighted by Crippen LogP contribution is -2.41. The Kier molecular flexibility index (Phi) is 5.61. The lowest BCUT2D eigenvalue weighted by atomic mass is 10.1. The summed E-state index contributed by atoms with van der Waals surface area (Å²) >= 11 is 0. The summed E-state index contributed by atoms with van der Waals surface area (Å²) in [5.74, 6) is 0. The van der Waals surface area contributed by atoms with Gasteiger partial charge < -0.3 is 4.43 Å². The van der Waals surface area contributed by atoms with Gasteiger partial charge in [0.2, 0.25) is 0 Å². The molecule has 2 rings (SSSR count). The van der Waals surface area contributed by atoms with E-state index in [0.29, 0.717) is 0 Å². The first kappa shape index (κ1) is 17.7. The van der Waals surface area contributed by atoms with Gasteiger partial charge in [0, 0.05) is 0 Å². The van der Waals surface area contributed by atoms with Gasteiger partial charge in [-0.2, -0.15) is 0 Å². The minimum absolute atomic E-state index is 0.00250. The fourth-order valence-corrected chi connectivity index (χ4v) is 3.32. The van der Waals surface area contributed by atoms with E-state index >= 15 is 0 Å². The first-order chi connectivity index (χ1) is 10.8. The largest absolute Gasteiger partial charge is 0.407 e. The van der Waals surface area contributed by atoms with Crippen molar-refractivity contribution in [3.63, 3.8) is 0 Å². The molecule has 1 atom stereocenters. The third kappa shape index (κ3) is 4.92. The van der Waals surface area contributed by atoms with Crippen LogP contribution >= 0.6 is 0 Å². The molecule has 0 aliphatic carbocycles. The summed E-state index contributed by atoms with van der Waals surface area (Å²) in [5.41, 5.74) is 2.41. The van der Waals surface area contributed by atoms with Crippen molar-refractivity contribution >= 4 is 14.4 Å². The van der Waals surface area contributed by atoms with Crippen LogP contribution in [0.25, 0.3) is 6.08 Å². The van der Waals surface area contributed by atoms with Gasteiger partial charge in [-0.15, -0.1) is 0 Å². The summed E-state index contributed by atoms with van der Waals surface area (Å²) in [6, 6.07) is 20.9. The summed E-state index contributed by atoms with van der Waals surface area (Å²) in [6.07, 6.45) is 4.34. The molecular formula is C21H28OSi. The van der Waals surface area contributed by atoms with Gasteiger partial charge in [0.15, 0.2) is 8.32 Å². The van der Waals surface area contributed by atoms with Gasteiger partial charge in [0.1, 0.15) is 0 Å². The first-order valence-corrected chi connectivity index (χ1v) is 11.2. The average molecular weight is 325 g/mol. The van der Waals surface area contributed by atoms with Crippen molar-refractivity contribution < 1.29 is 4.43 Å². The van der Waals surface area contributed by atoms with Crippen LogP contribution in [-0.4, -0.2) is 8.32 Å². The van der Waals surface area contributed by atoms with Gasteiger partial charge in [-0.25, -0.2) is 0 Å². The van der Waals surface area contributed by atoms with Crippen molar-refractivity contribution in [3.8, 4) is 0 Å². The second-order valence-electron chi connectivity index (χ2n) is 7.48. The van der Waals surface area contributed by atoms with Gasteiger partial charge in [-0.1, -0.05) is 93.6 Å². The van der Waals surface area contributed by atoms with Crippen LogP contribution in [0.5, 0.6) is 0 Å². The topological polar surface area (TPSA) is 9.23 Å². The Morgan fingerprint density at radius 1 is 0.870 bits per heavy atom.